The normalized spacial score (nSPS) is 16.9. The Morgan fingerprint density at radius 2 is 1.90 bits per heavy atom. The highest BCUT2D eigenvalue weighted by molar-refractivity contribution is 5.95. The summed E-state index contributed by atoms with van der Waals surface area (Å²) in [5.74, 6) is 2.56. The maximum absolute atomic E-state index is 12.7. The maximum Gasteiger partial charge on any atom is 0.228 e. The average molecular weight is 409 g/mol. The fraction of sp³-hybridized carbons (Fsp3) is 0.542. The third-order valence-electron chi connectivity index (χ3n) is 6.39. The van der Waals surface area contributed by atoms with E-state index in [2.05, 4.69) is 11.9 Å². The van der Waals surface area contributed by atoms with Crippen LogP contribution in [0.5, 0.6) is 5.75 Å². The highest BCUT2D eigenvalue weighted by Crippen LogP contribution is 2.29. The molecule has 1 amide bonds. The summed E-state index contributed by atoms with van der Waals surface area (Å²) in [4.78, 5) is 26.5. The Morgan fingerprint density at radius 3 is 2.67 bits per heavy atom. The molecule has 2 aromatic rings. The van der Waals surface area contributed by atoms with E-state index < -0.39 is 0 Å². The number of benzene rings is 1. The van der Waals surface area contributed by atoms with Crippen LogP contribution in [0.15, 0.2) is 24.3 Å². The Morgan fingerprint density at radius 1 is 1.13 bits per heavy atom. The number of hydrogen-bond acceptors (Lipinski definition) is 5. The monoisotopic (exact) mass is 408 g/mol. The van der Waals surface area contributed by atoms with Crippen molar-refractivity contribution in [2.75, 3.05) is 25.1 Å². The Hall–Kier alpha value is -2.47. The number of amides is 1. The summed E-state index contributed by atoms with van der Waals surface area (Å²) in [5.41, 5.74) is 3.18. The number of carbonyl (C=O) groups excluding carboxylic acids is 1. The number of hydrogen-bond donors (Lipinski definition) is 0. The summed E-state index contributed by atoms with van der Waals surface area (Å²) in [6.45, 7) is 5.73. The molecule has 0 N–H and O–H groups in total. The molecule has 2 heterocycles. The minimum atomic E-state index is 0.115. The average Bonchev–Trinajstić information content (AvgIpc) is 3.26. The summed E-state index contributed by atoms with van der Waals surface area (Å²) in [5, 5.41) is 0. The van der Waals surface area contributed by atoms with E-state index in [1.807, 2.05) is 38.1 Å². The highest BCUT2D eigenvalue weighted by Gasteiger charge is 2.29. The van der Waals surface area contributed by atoms with Crippen LogP contribution in [0.1, 0.15) is 54.7 Å². The van der Waals surface area contributed by atoms with Crippen molar-refractivity contribution in [1.29, 1.82) is 0 Å². The van der Waals surface area contributed by atoms with E-state index in [9.17, 15) is 4.79 Å². The van der Waals surface area contributed by atoms with Gasteiger partial charge in [0.25, 0.3) is 0 Å². The predicted octanol–water partition coefficient (Wildman–Crippen LogP) is 3.83. The van der Waals surface area contributed by atoms with Crippen molar-refractivity contribution in [3.8, 4) is 5.75 Å². The molecule has 6 heteroatoms. The van der Waals surface area contributed by atoms with Crippen LogP contribution in [0.25, 0.3) is 0 Å². The second kappa shape index (κ2) is 9.13. The van der Waals surface area contributed by atoms with Gasteiger partial charge in [0, 0.05) is 23.7 Å². The first-order valence-corrected chi connectivity index (χ1v) is 11.1. The van der Waals surface area contributed by atoms with Crippen LogP contribution in [-0.4, -0.2) is 47.0 Å². The van der Waals surface area contributed by atoms with Crippen molar-refractivity contribution >= 4 is 11.7 Å². The second-order valence-corrected chi connectivity index (χ2v) is 8.54. The van der Waals surface area contributed by atoms with Gasteiger partial charge >= 0.3 is 0 Å². The smallest absolute Gasteiger partial charge is 0.228 e. The minimum Gasteiger partial charge on any atom is -0.491 e. The van der Waals surface area contributed by atoms with E-state index in [4.69, 9.17) is 14.7 Å². The fourth-order valence-electron chi connectivity index (χ4n) is 4.60. The molecule has 0 saturated heterocycles. The number of para-hydroxylation sites is 1. The number of carbonyl (C=O) groups is 1. The van der Waals surface area contributed by atoms with Crippen molar-refractivity contribution < 1.29 is 9.53 Å². The molecule has 2 aliphatic rings. The van der Waals surface area contributed by atoms with E-state index in [0.717, 1.165) is 40.8 Å². The van der Waals surface area contributed by atoms with Crippen LogP contribution in [0.4, 0.5) is 5.82 Å². The molecule has 0 unspecified atom stereocenters. The quantitative estimate of drug-likeness (QED) is 0.697. The third-order valence-corrected chi connectivity index (χ3v) is 6.39. The van der Waals surface area contributed by atoms with Crippen LogP contribution in [-0.2, 0) is 17.8 Å². The summed E-state index contributed by atoms with van der Waals surface area (Å²) in [6, 6.07) is 8.57. The van der Waals surface area contributed by atoms with Gasteiger partial charge in [-0.25, -0.2) is 9.97 Å². The van der Waals surface area contributed by atoms with Gasteiger partial charge in [-0.1, -0.05) is 31.0 Å². The molecule has 30 heavy (non-hydrogen) atoms. The number of anilines is 1. The molecule has 1 saturated carbocycles. The SMILES string of the molecule is Cc1ccccc1OCCN1C(=O)CCc2c(C)nc(CN(C)C3CCCC3)nc21. The first-order chi connectivity index (χ1) is 14.5. The summed E-state index contributed by atoms with van der Waals surface area (Å²) in [7, 11) is 2.16. The third kappa shape index (κ3) is 4.48. The topological polar surface area (TPSA) is 58.6 Å². The van der Waals surface area contributed by atoms with Gasteiger partial charge in [-0.15, -0.1) is 0 Å². The first-order valence-electron chi connectivity index (χ1n) is 11.1. The Bertz CT molecular complexity index is 908. The van der Waals surface area contributed by atoms with Crippen molar-refractivity contribution in [3.05, 3.63) is 46.9 Å². The van der Waals surface area contributed by atoms with Gasteiger partial charge in [0.05, 0.1) is 13.1 Å². The molecular weight excluding hydrogens is 376 g/mol. The van der Waals surface area contributed by atoms with Crippen LogP contribution < -0.4 is 9.64 Å². The van der Waals surface area contributed by atoms with E-state index >= 15 is 0 Å². The minimum absolute atomic E-state index is 0.115. The first kappa shape index (κ1) is 20.8. The molecule has 1 aliphatic carbocycles. The molecular formula is C24H32N4O2. The predicted molar refractivity (Wildman–Crippen MR) is 118 cm³/mol. The molecule has 1 aliphatic heterocycles. The molecule has 0 radical (unpaired) electrons. The number of rotatable bonds is 7. The molecule has 4 rings (SSSR count). The van der Waals surface area contributed by atoms with Gasteiger partial charge in [0.15, 0.2) is 0 Å². The van der Waals surface area contributed by atoms with Crippen LogP contribution >= 0.6 is 0 Å². The van der Waals surface area contributed by atoms with E-state index in [1.54, 1.807) is 4.90 Å². The highest BCUT2D eigenvalue weighted by atomic mass is 16.5. The zero-order chi connectivity index (χ0) is 21.1. The van der Waals surface area contributed by atoms with Gasteiger partial charge in [-0.2, -0.15) is 0 Å². The molecule has 1 aromatic carbocycles. The molecule has 160 valence electrons. The van der Waals surface area contributed by atoms with E-state index in [-0.39, 0.29) is 5.91 Å². The number of aryl methyl sites for hydroxylation is 2. The number of aromatic nitrogens is 2. The maximum atomic E-state index is 12.7. The van der Waals surface area contributed by atoms with Gasteiger partial charge in [0.2, 0.25) is 5.91 Å². The van der Waals surface area contributed by atoms with Gasteiger partial charge in [0.1, 0.15) is 24.0 Å². The van der Waals surface area contributed by atoms with Gasteiger partial charge < -0.3 is 4.74 Å². The summed E-state index contributed by atoms with van der Waals surface area (Å²) in [6.07, 6.45) is 6.34. The zero-order valence-corrected chi connectivity index (χ0v) is 18.4. The lowest BCUT2D eigenvalue weighted by molar-refractivity contribution is -0.119. The fourth-order valence-corrected chi connectivity index (χ4v) is 4.60. The van der Waals surface area contributed by atoms with E-state index in [0.29, 0.717) is 32.0 Å². The summed E-state index contributed by atoms with van der Waals surface area (Å²) >= 11 is 0. The van der Waals surface area contributed by atoms with Crippen molar-refractivity contribution in [2.45, 2.75) is 65.0 Å². The van der Waals surface area contributed by atoms with Crippen LogP contribution in [0, 0.1) is 13.8 Å². The number of fused-ring (bicyclic) bond motifs is 1. The van der Waals surface area contributed by atoms with Gasteiger partial charge in [-0.3, -0.25) is 14.6 Å². The molecule has 0 spiro atoms. The number of nitrogens with zero attached hydrogens (tertiary/aromatic N) is 4. The second-order valence-electron chi connectivity index (χ2n) is 8.54. The van der Waals surface area contributed by atoms with Crippen molar-refractivity contribution in [1.82, 2.24) is 14.9 Å². The lowest BCUT2D eigenvalue weighted by atomic mass is 10.0. The molecule has 1 fully saturated rings. The standard InChI is InChI=1S/C24H32N4O2/c1-17-8-4-7-11-21(17)30-15-14-28-23(29)13-12-20-18(2)25-22(26-24(20)28)16-27(3)19-9-5-6-10-19/h4,7-8,11,19H,5-6,9-10,12-16H2,1-3H3. The van der Waals surface area contributed by atoms with Crippen molar-refractivity contribution in [2.24, 2.45) is 0 Å². The van der Waals surface area contributed by atoms with Crippen molar-refractivity contribution in [3.63, 3.8) is 0 Å². The largest absolute Gasteiger partial charge is 0.491 e. The van der Waals surface area contributed by atoms with Gasteiger partial charge in [-0.05, 0) is 51.8 Å². The van der Waals surface area contributed by atoms with Crippen LogP contribution in [0.2, 0.25) is 0 Å². The Labute approximate surface area is 179 Å². The molecule has 0 bridgehead atoms. The van der Waals surface area contributed by atoms with E-state index in [1.165, 1.54) is 25.7 Å². The van der Waals surface area contributed by atoms with Crippen LogP contribution in [0.3, 0.4) is 0 Å². The lowest BCUT2D eigenvalue weighted by Gasteiger charge is -2.30. The Balaban J connectivity index is 1.49. The summed E-state index contributed by atoms with van der Waals surface area (Å²) < 4.78 is 5.95. The lowest BCUT2D eigenvalue weighted by Crippen LogP contribution is -2.40. The Kier molecular flexibility index (Phi) is 6.32. The zero-order valence-electron chi connectivity index (χ0n) is 18.4. The molecule has 6 nitrogen and oxygen atoms in total. The molecule has 0 atom stereocenters. The molecule has 1 aromatic heterocycles. The number of ether oxygens (including phenoxy) is 1.